The molecule has 0 bridgehead atoms. The number of aryl methyl sites for hydroxylation is 1. The van der Waals surface area contributed by atoms with Crippen molar-refractivity contribution in [2.75, 3.05) is 46.5 Å². The molecule has 5 rings (SSSR count). The molecule has 2 saturated heterocycles. The zero-order valence-electron chi connectivity index (χ0n) is 26.5. The van der Waals surface area contributed by atoms with Crippen molar-refractivity contribution in [3.05, 3.63) is 94.6 Å². The molecule has 2 fully saturated rings. The van der Waals surface area contributed by atoms with Crippen molar-refractivity contribution in [1.29, 1.82) is 0 Å². The van der Waals surface area contributed by atoms with Crippen molar-refractivity contribution in [2.24, 2.45) is 0 Å². The van der Waals surface area contributed by atoms with Gasteiger partial charge in [-0.3, -0.25) is 14.5 Å². The first-order valence-corrected chi connectivity index (χ1v) is 15.5. The maximum absolute atomic E-state index is 13.6. The number of ketones is 1. The summed E-state index contributed by atoms with van der Waals surface area (Å²) in [5, 5.41) is 11.6. The summed E-state index contributed by atoms with van der Waals surface area (Å²) in [5.74, 6) is 0.115. The Morgan fingerprint density at radius 1 is 0.956 bits per heavy atom. The van der Waals surface area contributed by atoms with Crippen LogP contribution in [0.4, 0.5) is 0 Å². The van der Waals surface area contributed by atoms with Crippen LogP contribution in [-0.4, -0.2) is 79.2 Å². The molecule has 2 aliphatic rings. The molecule has 1 N–H and O–H groups in total. The molecule has 9 heteroatoms. The van der Waals surface area contributed by atoms with E-state index in [-0.39, 0.29) is 17.4 Å². The molecule has 2 aliphatic heterocycles. The average Bonchev–Trinajstić information content (AvgIpc) is 3.30. The van der Waals surface area contributed by atoms with E-state index in [0.29, 0.717) is 61.2 Å². The summed E-state index contributed by atoms with van der Waals surface area (Å²) in [6.45, 7) is 10.3. The molecule has 9 nitrogen and oxygen atoms in total. The zero-order chi connectivity index (χ0) is 31.9. The number of nitrogens with zero attached hydrogens (tertiary/aromatic N) is 2. The molecular formula is C36H42N2O7. The molecule has 0 saturated carbocycles. The van der Waals surface area contributed by atoms with Crippen LogP contribution in [0.3, 0.4) is 0 Å². The van der Waals surface area contributed by atoms with E-state index in [1.54, 1.807) is 42.3 Å². The predicted octanol–water partition coefficient (Wildman–Crippen LogP) is 5.51. The summed E-state index contributed by atoms with van der Waals surface area (Å²) in [7, 11) is 1.55. The van der Waals surface area contributed by atoms with E-state index in [2.05, 4.69) is 4.90 Å². The van der Waals surface area contributed by atoms with E-state index in [4.69, 9.17) is 18.9 Å². The monoisotopic (exact) mass is 614 g/mol. The second-order valence-electron chi connectivity index (χ2n) is 11.6. The van der Waals surface area contributed by atoms with Crippen LogP contribution >= 0.6 is 0 Å². The van der Waals surface area contributed by atoms with Gasteiger partial charge in [-0.2, -0.15) is 0 Å². The normalized spacial score (nSPS) is 18.4. The Morgan fingerprint density at radius 2 is 1.69 bits per heavy atom. The Kier molecular flexibility index (Phi) is 10.4. The van der Waals surface area contributed by atoms with Gasteiger partial charge in [0.05, 0.1) is 38.0 Å². The summed E-state index contributed by atoms with van der Waals surface area (Å²) in [4.78, 5) is 31.1. The number of methoxy groups -OCH3 is 1. The van der Waals surface area contributed by atoms with Crippen LogP contribution in [0.2, 0.25) is 0 Å². The number of Topliss-reactive ketones (excluding diaryl/α,β-unsaturated/α-hetero) is 1. The van der Waals surface area contributed by atoms with Gasteiger partial charge in [-0.05, 0) is 74.2 Å². The van der Waals surface area contributed by atoms with Gasteiger partial charge < -0.3 is 29.0 Å². The number of aliphatic hydroxyl groups is 1. The number of hydrogen-bond donors (Lipinski definition) is 1. The van der Waals surface area contributed by atoms with Gasteiger partial charge in [0, 0.05) is 31.7 Å². The Morgan fingerprint density at radius 3 is 2.38 bits per heavy atom. The number of morpholine rings is 1. The molecule has 1 unspecified atom stereocenters. The number of carbonyl (C=O) groups excluding carboxylic acids is 2. The van der Waals surface area contributed by atoms with Gasteiger partial charge in [0.15, 0.2) is 11.5 Å². The summed E-state index contributed by atoms with van der Waals surface area (Å²) in [6.07, 6.45) is 0.653. The van der Waals surface area contributed by atoms with Crippen LogP contribution in [0.5, 0.6) is 17.2 Å². The van der Waals surface area contributed by atoms with Crippen LogP contribution in [0, 0.1) is 6.92 Å². The van der Waals surface area contributed by atoms with Gasteiger partial charge in [0.2, 0.25) is 0 Å². The molecule has 3 aromatic carbocycles. The molecule has 1 amide bonds. The first-order valence-electron chi connectivity index (χ1n) is 15.5. The molecule has 238 valence electrons. The smallest absolute Gasteiger partial charge is 0.295 e. The molecular weight excluding hydrogens is 572 g/mol. The lowest BCUT2D eigenvalue weighted by atomic mass is 9.94. The topological polar surface area (TPSA) is 97.8 Å². The number of carbonyl (C=O) groups is 2. The largest absolute Gasteiger partial charge is 0.507 e. The maximum Gasteiger partial charge on any atom is 0.295 e. The minimum Gasteiger partial charge on any atom is -0.507 e. The Labute approximate surface area is 265 Å². The van der Waals surface area contributed by atoms with Gasteiger partial charge in [-0.25, -0.2) is 0 Å². The first kappa shape index (κ1) is 32.1. The minimum atomic E-state index is -0.807. The van der Waals surface area contributed by atoms with Crippen molar-refractivity contribution in [3.63, 3.8) is 0 Å². The minimum absolute atomic E-state index is 0.0134. The van der Waals surface area contributed by atoms with Crippen molar-refractivity contribution < 1.29 is 33.6 Å². The molecule has 0 radical (unpaired) electrons. The predicted molar refractivity (Wildman–Crippen MR) is 172 cm³/mol. The lowest BCUT2D eigenvalue weighted by Crippen LogP contribution is -2.39. The van der Waals surface area contributed by atoms with Crippen molar-refractivity contribution in [1.82, 2.24) is 9.80 Å². The highest BCUT2D eigenvalue weighted by Gasteiger charge is 2.46. The second-order valence-corrected chi connectivity index (χ2v) is 11.6. The number of benzene rings is 3. The average molecular weight is 615 g/mol. The summed E-state index contributed by atoms with van der Waals surface area (Å²) >= 11 is 0. The maximum atomic E-state index is 13.6. The Hall–Kier alpha value is -4.34. The van der Waals surface area contributed by atoms with E-state index in [1.807, 2.05) is 57.2 Å². The number of hydrogen-bond acceptors (Lipinski definition) is 8. The number of rotatable bonds is 12. The van der Waals surface area contributed by atoms with Gasteiger partial charge in [0.1, 0.15) is 18.1 Å². The third-order valence-corrected chi connectivity index (χ3v) is 8.07. The first-order chi connectivity index (χ1) is 21.8. The lowest BCUT2D eigenvalue weighted by Gasteiger charge is -2.29. The van der Waals surface area contributed by atoms with Crippen LogP contribution in [0.15, 0.2) is 72.3 Å². The van der Waals surface area contributed by atoms with E-state index in [9.17, 15) is 14.7 Å². The molecule has 1 atom stereocenters. The number of ether oxygens (including phenoxy) is 4. The highest BCUT2D eigenvalue weighted by molar-refractivity contribution is 6.46. The fourth-order valence-electron chi connectivity index (χ4n) is 5.79. The molecule has 3 aromatic rings. The lowest BCUT2D eigenvalue weighted by molar-refractivity contribution is -0.140. The van der Waals surface area contributed by atoms with Gasteiger partial charge in [-0.1, -0.05) is 36.4 Å². The number of aliphatic hydroxyl groups excluding tert-OH is 1. The van der Waals surface area contributed by atoms with Crippen LogP contribution < -0.4 is 14.2 Å². The quantitative estimate of drug-likeness (QED) is 0.162. The highest BCUT2D eigenvalue weighted by atomic mass is 16.5. The molecule has 0 aromatic heterocycles. The number of likely N-dealkylation sites (tertiary alicyclic amines) is 1. The fraction of sp³-hybridized carbons (Fsp3) is 0.389. The summed E-state index contributed by atoms with van der Waals surface area (Å²) < 4.78 is 23.1. The van der Waals surface area contributed by atoms with Gasteiger partial charge >= 0.3 is 0 Å². The van der Waals surface area contributed by atoms with E-state index < -0.39 is 17.7 Å². The van der Waals surface area contributed by atoms with Crippen molar-refractivity contribution in [3.8, 4) is 17.2 Å². The molecule has 45 heavy (non-hydrogen) atoms. The van der Waals surface area contributed by atoms with Crippen molar-refractivity contribution in [2.45, 2.75) is 45.9 Å². The number of amides is 1. The fourth-order valence-corrected chi connectivity index (χ4v) is 5.79. The SMILES string of the molecule is COc1cc(C2/C(=C(\O)c3ccc(OC(C)C)c(C)c3)C(=O)C(=O)N2CCCN2CCOCC2)ccc1OCc1ccccc1. The molecule has 2 heterocycles. The van der Waals surface area contributed by atoms with Crippen LogP contribution in [0.1, 0.15) is 48.6 Å². The Bertz CT molecular complexity index is 1530. The van der Waals surface area contributed by atoms with Crippen LogP contribution in [0.25, 0.3) is 5.76 Å². The summed E-state index contributed by atoms with van der Waals surface area (Å²) in [5.41, 5.74) is 2.95. The molecule has 0 spiro atoms. The van der Waals surface area contributed by atoms with E-state index in [0.717, 1.165) is 30.8 Å². The Balaban J connectivity index is 1.49. The van der Waals surface area contributed by atoms with Gasteiger partial charge in [-0.15, -0.1) is 0 Å². The zero-order valence-corrected chi connectivity index (χ0v) is 26.5. The highest BCUT2D eigenvalue weighted by Crippen LogP contribution is 2.42. The molecule has 0 aliphatic carbocycles. The van der Waals surface area contributed by atoms with Crippen LogP contribution in [-0.2, 0) is 20.9 Å². The van der Waals surface area contributed by atoms with E-state index >= 15 is 0 Å². The summed E-state index contributed by atoms with van der Waals surface area (Å²) in [6, 6.07) is 19.7. The third-order valence-electron chi connectivity index (χ3n) is 8.07. The second kappa shape index (κ2) is 14.6. The van der Waals surface area contributed by atoms with Crippen molar-refractivity contribution >= 4 is 17.4 Å². The van der Waals surface area contributed by atoms with Gasteiger partial charge in [0.25, 0.3) is 11.7 Å². The standard InChI is InChI=1S/C36H42N2O7/c1-24(2)45-29-13-12-28(21-25(29)3)34(39)32-33(38(36(41)35(32)40)16-8-15-37-17-19-43-20-18-37)27-11-14-30(31(22-27)42-4)44-23-26-9-6-5-7-10-26/h5-7,9-14,21-22,24,33,39H,8,15-20,23H2,1-4H3/b34-32+. The third kappa shape index (κ3) is 7.49. The van der Waals surface area contributed by atoms with E-state index in [1.165, 1.54) is 0 Å².